The van der Waals surface area contributed by atoms with Gasteiger partial charge in [-0.2, -0.15) is 0 Å². The van der Waals surface area contributed by atoms with E-state index in [0.29, 0.717) is 12.8 Å². The summed E-state index contributed by atoms with van der Waals surface area (Å²) < 4.78 is 32.6. The molecule has 3 aliphatic heterocycles. The van der Waals surface area contributed by atoms with Crippen LogP contribution in [0.4, 0.5) is 0 Å². The predicted octanol–water partition coefficient (Wildman–Crippen LogP) is -4.05. The average Bonchev–Trinajstić information content (AvgIpc) is 2.04. The van der Waals surface area contributed by atoms with Crippen LogP contribution in [0, 0.1) is 5.92 Å². The second-order valence-electron chi connectivity index (χ2n) is 3.85. The Morgan fingerprint density at radius 1 is 1.36 bits per heavy atom. The van der Waals surface area contributed by atoms with Crippen molar-refractivity contribution >= 4 is 10.1 Å². The molecular weight excluding hydrogens is 217 g/mol. The predicted molar refractivity (Wildman–Crippen MR) is 43.8 cm³/mol. The maximum atomic E-state index is 10.9. The first-order valence-corrected chi connectivity index (χ1v) is 5.74. The van der Waals surface area contributed by atoms with E-state index in [1.807, 2.05) is 4.90 Å². The normalized spacial score (nSPS) is 41.9. The Labute approximate surface area is 106 Å². The largest absolute Gasteiger partial charge is 1.00 e. The number of hydrogen-bond donors (Lipinski definition) is 1. The maximum Gasteiger partial charge on any atom is 1.00 e. The molecule has 3 fully saturated rings. The maximum absolute atomic E-state index is 10.9. The molecule has 3 heterocycles. The zero-order valence-electron chi connectivity index (χ0n) is 8.14. The summed E-state index contributed by atoms with van der Waals surface area (Å²) in [6.07, 6.45) is 1.22. The molecule has 0 amide bonds. The molecule has 0 radical (unpaired) electrons. The van der Waals surface area contributed by atoms with Gasteiger partial charge >= 0.3 is 29.6 Å². The third-order valence-electron chi connectivity index (χ3n) is 3.11. The van der Waals surface area contributed by atoms with E-state index in [-0.39, 0.29) is 42.0 Å². The third kappa shape index (κ3) is 1.89. The van der Waals surface area contributed by atoms with E-state index < -0.39 is 15.1 Å². The molecule has 1 unspecified atom stereocenters. The van der Waals surface area contributed by atoms with Crippen LogP contribution in [0.15, 0.2) is 0 Å². The molecule has 1 N–H and O–H groups in total. The molecule has 14 heavy (non-hydrogen) atoms. The third-order valence-corrected chi connectivity index (χ3v) is 4.44. The molecule has 3 aliphatic rings. The van der Waals surface area contributed by atoms with Gasteiger partial charge in [0.25, 0.3) is 0 Å². The summed E-state index contributed by atoms with van der Waals surface area (Å²) in [5.74, 6) is -0.361. The van der Waals surface area contributed by atoms with E-state index in [1.165, 1.54) is 0 Å². The summed E-state index contributed by atoms with van der Waals surface area (Å²) in [6, 6.07) is 0. The van der Waals surface area contributed by atoms with Crippen LogP contribution in [-0.4, -0.2) is 47.5 Å². The van der Waals surface area contributed by atoms with Crippen LogP contribution in [0.5, 0.6) is 0 Å². The molecule has 7 heteroatoms. The summed E-state index contributed by atoms with van der Waals surface area (Å²) in [4.78, 5) is -0.195. The van der Waals surface area contributed by atoms with Crippen LogP contribution in [0.25, 0.3) is 0 Å². The van der Waals surface area contributed by atoms with Gasteiger partial charge in [-0.3, -0.25) is 4.90 Å². The zero-order chi connectivity index (χ0) is 9.69. The van der Waals surface area contributed by atoms with Crippen LogP contribution in [-0.2, 0) is 10.1 Å². The Morgan fingerprint density at radius 3 is 2.07 bits per heavy atom. The molecule has 3 saturated heterocycles. The number of rotatable bonds is 1. The second-order valence-corrected chi connectivity index (χ2v) is 5.46. The second kappa shape index (κ2) is 4.01. The molecule has 5 nitrogen and oxygen atoms in total. The monoisotopic (exact) mass is 229 g/mol. The van der Waals surface area contributed by atoms with Crippen molar-refractivity contribution in [2.45, 2.75) is 17.8 Å². The van der Waals surface area contributed by atoms with Gasteiger partial charge in [-0.25, -0.2) is 8.42 Å². The van der Waals surface area contributed by atoms with Gasteiger partial charge in [0.2, 0.25) is 0 Å². The Bertz CT molecular complexity index is 312. The van der Waals surface area contributed by atoms with Gasteiger partial charge < -0.3 is 9.66 Å². The number of hydrogen-bond acceptors (Lipinski definition) is 5. The van der Waals surface area contributed by atoms with Crippen LogP contribution < -0.4 is 29.6 Å². The van der Waals surface area contributed by atoms with Crippen molar-refractivity contribution < 1.29 is 47.6 Å². The summed E-state index contributed by atoms with van der Waals surface area (Å²) in [5, 5.41) is 9.76. The SMILES string of the molecule is O=S(=O)([O-])C1(O)CN2CCC1CC2.[Na+]. The fraction of sp³-hybridized carbons (Fsp3) is 1.00. The fourth-order valence-corrected chi connectivity index (χ4v) is 3.26. The van der Waals surface area contributed by atoms with Gasteiger partial charge in [0.05, 0.1) is 0 Å². The van der Waals surface area contributed by atoms with Crippen LogP contribution in [0.1, 0.15) is 12.8 Å². The van der Waals surface area contributed by atoms with Crippen molar-refractivity contribution in [1.29, 1.82) is 0 Å². The van der Waals surface area contributed by atoms with Crippen molar-refractivity contribution in [1.82, 2.24) is 4.90 Å². The molecule has 0 aliphatic carbocycles. The van der Waals surface area contributed by atoms with Crippen LogP contribution >= 0.6 is 0 Å². The molecular formula is C7H12NNaO4S. The molecule has 2 bridgehead atoms. The van der Waals surface area contributed by atoms with Gasteiger partial charge in [-0.15, -0.1) is 0 Å². The first-order valence-electron chi connectivity index (χ1n) is 4.34. The number of nitrogens with zero attached hydrogens (tertiary/aromatic N) is 1. The number of fused-ring (bicyclic) bond motifs is 3. The van der Waals surface area contributed by atoms with E-state index >= 15 is 0 Å². The first kappa shape index (κ1) is 12.9. The van der Waals surface area contributed by atoms with Gasteiger partial charge in [0, 0.05) is 12.5 Å². The van der Waals surface area contributed by atoms with Gasteiger partial charge in [-0.05, 0) is 25.9 Å². The number of aliphatic hydroxyl groups is 1. The van der Waals surface area contributed by atoms with Crippen LogP contribution in [0.3, 0.4) is 0 Å². The Kier molecular flexibility index (Phi) is 3.69. The molecule has 0 aromatic carbocycles. The molecule has 0 aromatic rings. The van der Waals surface area contributed by atoms with Crippen molar-refractivity contribution in [3.63, 3.8) is 0 Å². The minimum Gasteiger partial charge on any atom is -0.746 e. The van der Waals surface area contributed by atoms with Crippen molar-refractivity contribution in [3.8, 4) is 0 Å². The quantitative estimate of drug-likeness (QED) is 0.365. The van der Waals surface area contributed by atoms with E-state index in [9.17, 15) is 18.1 Å². The van der Waals surface area contributed by atoms with E-state index in [2.05, 4.69) is 0 Å². The molecule has 1 atom stereocenters. The minimum atomic E-state index is -4.59. The van der Waals surface area contributed by atoms with Crippen molar-refractivity contribution in [2.24, 2.45) is 5.92 Å². The summed E-state index contributed by atoms with van der Waals surface area (Å²) in [5.41, 5.74) is 0. The first-order chi connectivity index (χ1) is 5.93. The minimum absolute atomic E-state index is 0. The van der Waals surface area contributed by atoms with Crippen molar-refractivity contribution in [3.05, 3.63) is 0 Å². The Balaban J connectivity index is 0.000000980. The van der Waals surface area contributed by atoms with E-state index in [1.54, 1.807) is 0 Å². The van der Waals surface area contributed by atoms with Crippen molar-refractivity contribution in [2.75, 3.05) is 19.6 Å². The Hall–Kier alpha value is 0.830. The van der Waals surface area contributed by atoms with Gasteiger partial charge in [0.1, 0.15) is 10.1 Å². The zero-order valence-corrected chi connectivity index (χ0v) is 11.0. The summed E-state index contributed by atoms with van der Waals surface area (Å²) >= 11 is 0. The van der Waals surface area contributed by atoms with Gasteiger partial charge in [-0.1, -0.05) is 0 Å². The smallest absolute Gasteiger partial charge is 0.746 e. The summed E-state index contributed by atoms with van der Waals surface area (Å²) in [6.45, 7) is 1.58. The van der Waals surface area contributed by atoms with E-state index in [4.69, 9.17) is 0 Å². The van der Waals surface area contributed by atoms with Gasteiger partial charge in [0.15, 0.2) is 4.93 Å². The summed E-state index contributed by atoms with van der Waals surface area (Å²) in [7, 11) is -4.59. The topological polar surface area (TPSA) is 80.7 Å². The Morgan fingerprint density at radius 2 is 1.86 bits per heavy atom. The molecule has 0 aromatic heterocycles. The standard InChI is InChI=1S/C7H13NO4S.Na/c9-7(13(10,11)12)5-8-3-1-6(7)2-4-8;/h6,9H,1-5H2,(H,10,11,12);/q;+1/p-1. The molecule has 76 valence electrons. The number of piperidine rings is 3. The fourth-order valence-electron chi connectivity index (χ4n) is 2.27. The molecule has 3 rings (SSSR count). The molecule has 0 saturated carbocycles. The molecule has 0 spiro atoms. The van der Waals surface area contributed by atoms with E-state index in [0.717, 1.165) is 13.1 Å². The van der Waals surface area contributed by atoms with Crippen LogP contribution in [0.2, 0.25) is 0 Å². The average molecular weight is 229 g/mol.